The van der Waals surface area contributed by atoms with Crippen molar-refractivity contribution in [1.82, 2.24) is 9.29 Å². The van der Waals surface area contributed by atoms with Crippen LogP contribution in [0.2, 0.25) is 0 Å². The van der Waals surface area contributed by atoms with Gasteiger partial charge in [-0.15, -0.1) is 0 Å². The molecule has 9 heteroatoms. The largest absolute Gasteiger partial charge is 0.490 e. The van der Waals surface area contributed by atoms with E-state index in [1.807, 2.05) is 17.0 Å². The number of aromatic nitrogens is 1. The van der Waals surface area contributed by atoms with Gasteiger partial charge in [-0.1, -0.05) is 6.07 Å². The molecule has 0 radical (unpaired) electrons. The van der Waals surface area contributed by atoms with Gasteiger partial charge >= 0.3 is 0 Å². The second-order valence-corrected chi connectivity index (χ2v) is 8.48. The minimum Gasteiger partial charge on any atom is -0.490 e. The number of fused-ring (bicyclic) bond motifs is 1. The summed E-state index contributed by atoms with van der Waals surface area (Å²) in [4.78, 5) is 6.47. The number of piperazine rings is 1. The van der Waals surface area contributed by atoms with E-state index in [1.165, 1.54) is 4.31 Å². The molecule has 1 aromatic heterocycles. The number of ether oxygens (including phenoxy) is 2. The Labute approximate surface area is 164 Å². The third kappa shape index (κ3) is 3.61. The van der Waals surface area contributed by atoms with Crippen molar-refractivity contribution in [3.63, 3.8) is 0 Å². The van der Waals surface area contributed by atoms with E-state index in [2.05, 4.69) is 4.98 Å². The molecule has 0 unspecified atom stereocenters. The van der Waals surface area contributed by atoms with E-state index in [4.69, 9.17) is 14.7 Å². The standard InChI is InChI=1S/C19H20N4O4S/c20-14-15-3-1-4-19(21-15)22-7-9-23(10-8-22)28(24,25)16-5-6-17-18(13-16)27-12-2-11-26-17/h1,3-6,13H,2,7-12H2. The van der Waals surface area contributed by atoms with Crippen LogP contribution in [0.25, 0.3) is 0 Å². The lowest BCUT2D eigenvalue weighted by atomic mass is 10.3. The molecule has 2 aliphatic heterocycles. The van der Waals surface area contributed by atoms with Gasteiger partial charge in [-0.05, 0) is 24.3 Å². The third-order valence-corrected chi connectivity index (χ3v) is 6.66. The Balaban J connectivity index is 1.49. The summed E-state index contributed by atoms with van der Waals surface area (Å²) in [5.41, 5.74) is 0.347. The fourth-order valence-electron chi connectivity index (χ4n) is 3.27. The van der Waals surface area contributed by atoms with Crippen molar-refractivity contribution >= 4 is 15.8 Å². The lowest BCUT2D eigenvalue weighted by molar-refractivity contribution is 0.296. The Morgan fingerprint density at radius 3 is 2.50 bits per heavy atom. The van der Waals surface area contributed by atoms with Gasteiger partial charge in [0.1, 0.15) is 17.6 Å². The fourth-order valence-corrected chi connectivity index (χ4v) is 4.71. The lowest BCUT2D eigenvalue weighted by Crippen LogP contribution is -2.48. The molecule has 1 aromatic carbocycles. The SMILES string of the molecule is N#Cc1cccc(N2CCN(S(=O)(=O)c3ccc4c(c3)OCCCO4)CC2)n1. The summed E-state index contributed by atoms with van der Waals surface area (Å²) >= 11 is 0. The molecule has 3 heterocycles. The van der Waals surface area contributed by atoms with Crippen molar-refractivity contribution < 1.29 is 17.9 Å². The van der Waals surface area contributed by atoms with Gasteiger partial charge in [-0.25, -0.2) is 13.4 Å². The smallest absolute Gasteiger partial charge is 0.243 e. The topological polar surface area (TPSA) is 95.8 Å². The van der Waals surface area contributed by atoms with Crippen LogP contribution in [0.3, 0.4) is 0 Å². The Bertz CT molecular complexity index is 1010. The highest BCUT2D eigenvalue weighted by Crippen LogP contribution is 2.33. The number of anilines is 1. The van der Waals surface area contributed by atoms with Gasteiger partial charge in [-0.2, -0.15) is 9.57 Å². The molecule has 1 fully saturated rings. The number of rotatable bonds is 3. The van der Waals surface area contributed by atoms with Gasteiger partial charge in [0.05, 0.1) is 18.1 Å². The van der Waals surface area contributed by atoms with Crippen LogP contribution >= 0.6 is 0 Å². The van der Waals surface area contributed by atoms with E-state index >= 15 is 0 Å². The number of nitriles is 1. The maximum absolute atomic E-state index is 13.1. The van der Waals surface area contributed by atoms with Gasteiger partial charge in [0.2, 0.25) is 10.0 Å². The molecule has 4 rings (SSSR count). The molecule has 0 spiro atoms. The monoisotopic (exact) mass is 400 g/mol. The zero-order valence-electron chi connectivity index (χ0n) is 15.2. The minimum absolute atomic E-state index is 0.204. The third-order valence-electron chi connectivity index (χ3n) is 4.77. The molecule has 146 valence electrons. The van der Waals surface area contributed by atoms with Crippen molar-refractivity contribution in [3.05, 3.63) is 42.1 Å². The molecule has 0 amide bonds. The van der Waals surface area contributed by atoms with Crippen LogP contribution in [0, 0.1) is 11.3 Å². The van der Waals surface area contributed by atoms with Crippen LogP contribution in [0.4, 0.5) is 5.82 Å². The molecule has 2 aliphatic rings. The molecule has 8 nitrogen and oxygen atoms in total. The molecule has 0 aliphatic carbocycles. The van der Waals surface area contributed by atoms with Crippen LogP contribution < -0.4 is 14.4 Å². The molecule has 0 bridgehead atoms. The van der Waals surface area contributed by atoms with Crippen molar-refractivity contribution in [2.24, 2.45) is 0 Å². The zero-order chi connectivity index (χ0) is 19.6. The summed E-state index contributed by atoms with van der Waals surface area (Å²) in [7, 11) is -3.63. The fraction of sp³-hybridized carbons (Fsp3) is 0.368. The second kappa shape index (κ2) is 7.66. The highest BCUT2D eigenvalue weighted by Gasteiger charge is 2.30. The summed E-state index contributed by atoms with van der Waals surface area (Å²) in [6, 6.07) is 12.0. The van der Waals surface area contributed by atoms with Gasteiger partial charge < -0.3 is 14.4 Å². The number of sulfonamides is 1. The van der Waals surface area contributed by atoms with Crippen molar-refractivity contribution in [1.29, 1.82) is 5.26 Å². The predicted octanol–water partition coefficient (Wildman–Crippen LogP) is 1.63. The van der Waals surface area contributed by atoms with Gasteiger partial charge in [-0.3, -0.25) is 0 Å². The van der Waals surface area contributed by atoms with E-state index in [0.29, 0.717) is 62.4 Å². The average molecular weight is 400 g/mol. The van der Waals surface area contributed by atoms with E-state index in [-0.39, 0.29) is 4.90 Å². The van der Waals surface area contributed by atoms with Crippen LogP contribution in [-0.2, 0) is 10.0 Å². The van der Waals surface area contributed by atoms with Gasteiger partial charge in [0.25, 0.3) is 0 Å². The number of nitrogens with zero attached hydrogens (tertiary/aromatic N) is 4. The van der Waals surface area contributed by atoms with Crippen molar-refractivity contribution in [2.45, 2.75) is 11.3 Å². The van der Waals surface area contributed by atoms with Crippen LogP contribution in [0.1, 0.15) is 12.1 Å². The summed E-state index contributed by atoms with van der Waals surface area (Å²) in [6.07, 6.45) is 0.764. The second-order valence-electron chi connectivity index (χ2n) is 6.54. The van der Waals surface area contributed by atoms with Crippen LogP contribution in [-0.4, -0.2) is 57.1 Å². The van der Waals surface area contributed by atoms with Crippen molar-refractivity contribution in [2.75, 3.05) is 44.3 Å². The van der Waals surface area contributed by atoms with Crippen molar-refractivity contribution in [3.8, 4) is 17.6 Å². The number of pyridine rings is 1. The maximum atomic E-state index is 13.1. The maximum Gasteiger partial charge on any atom is 0.243 e. The Morgan fingerprint density at radius 1 is 1.00 bits per heavy atom. The normalized spacial score (nSPS) is 17.6. The first-order chi connectivity index (χ1) is 13.6. The molecular weight excluding hydrogens is 380 g/mol. The molecule has 0 atom stereocenters. The quantitative estimate of drug-likeness (QED) is 0.772. The minimum atomic E-state index is -3.63. The zero-order valence-corrected chi connectivity index (χ0v) is 16.1. The summed E-state index contributed by atoms with van der Waals surface area (Å²) in [5.74, 6) is 1.73. The first-order valence-electron chi connectivity index (χ1n) is 9.10. The number of benzene rings is 1. The molecule has 1 saturated heterocycles. The lowest BCUT2D eigenvalue weighted by Gasteiger charge is -2.34. The van der Waals surface area contributed by atoms with E-state index in [9.17, 15) is 8.42 Å². The van der Waals surface area contributed by atoms with E-state index in [0.717, 1.165) is 6.42 Å². The van der Waals surface area contributed by atoms with E-state index < -0.39 is 10.0 Å². The van der Waals surface area contributed by atoms with Crippen LogP contribution in [0.15, 0.2) is 41.3 Å². The Kier molecular flexibility index (Phi) is 5.07. The van der Waals surface area contributed by atoms with Gasteiger partial charge in [0.15, 0.2) is 11.5 Å². The summed E-state index contributed by atoms with van der Waals surface area (Å²) < 4.78 is 38.8. The van der Waals surface area contributed by atoms with Gasteiger partial charge in [0, 0.05) is 38.7 Å². The summed E-state index contributed by atoms with van der Waals surface area (Å²) in [5, 5.41) is 9.00. The molecule has 0 saturated carbocycles. The molecule has 28 heavy (non-hydrogen) atoms. The first-order valence-corrected chi connectivity index (χ1v) is 10.5. The summed E-state index contributed by atoms with van der Waals surface area (Å²) in [6.45, 7) is 2.76. The van der Waals surface area contributed by atoms with Crippen LogP contribution in [0.5, 0.6) is 11.5 Å². The average Bonchev–Trinajstić information content (AvgIpc) is 2.99. The highest BCUT2D eigenvalue weighted by molar-refractivity contribution is 7.89. The molecular formula is C19H20N4O4S. The number of hydrogen-bond acceptors (Lipinski definition) is 7. The van der Waals surface area contributed by atoms with E-state index in [1.54, 1.807) is 30.3 Å². The Hall–Kier alpha value is -2.83. The predicted molar refractivity (Wildman–Crippen MR) is 102 cm³/mol. The highest BCUT2D eigenvalue weighted by atomic mass is 32.2. The molecule has 2 aromatic rings. The number of hydrogen-bond donors (Lipinski definition) is 0. The Morgan fingerprint density at radius 2 is 1.75 bits per heavy atom. The molecule has 0 N–H and O–H groups in total. The first kappa shape index (κ1) is 18.5.